The van der Waals surface area contributed by atoms with E-state index in [4.69, 9.17) is 10.00 Å². The van der Waals surface area contributed by atoms with Crippen LogP contribution < -0.4 is 5.32 Å². The Kier molecular flexibility index (Phi) is 5.74. The van der Waals surface area contributed by atoms with Crippen molar-refractivity contribution in [2.24, 2.45) is 5.92 Å². The van der Waals surface area contributed by atoms with Crippen molar-refractivity contribution >= 4 is 9.84 Å². The van der Waals surface area contributed by atoms with Crippen LogP contribution in [0.25, 0.3) is 0 Å². The maximum Gasteiger partial charge on any atom is 0.179 e. The van der Waals surface area contributed by atoms with E-state index in [0.29, 0.717) is 25.3 Å². The highest BCUT2D eigenvalue weighted by molar-refractivity contribution is 7.91. The first-order valence-corrected chi connectivity index (χ1v) is 8.78. The fourth-order valence-electron chi connectivity index (χ4n) is 1.89. The van der Waals surface area contributed by atoms with Gasteiger partial charge in [0.2, 0.25) is 0 Å². The molecule has 1 fully saturated rings. The molecular formula is C15H20N2O3S. The molecule has 1 N–H and O–H groups in total. The third kappa shape index (κ3) is 5.46. The molecule has 6 heteroatoms. The van der Waals surface area contributed by atoms with Crippen LogP contribution in [0, 0.1) is 17.2 Å². The van der Waals surface area contributed by atoms with Gasteiger partial charge in [-0.1, -0.05) is 6.07 Å². The molecule has 114 valence electrons. The molecule has 0 radical (unpaired) electrons. The summed E-state index contributed by atoms with van der Waals surface area (Å²) in [6, 6.07) is 8.06. The Morgan fingerprint density at radius 2 is 2.14 bits per heavy atom. The second kappa shape index (κ2) is 7.55. The van der Waals surface area contributed by atoms with E-state index in [1.54, 1.807) is 12.1 Å². The van der Waals surface area contributed by atoms with E-state index < -0.39 is 9.84 Å². The molecule has 1 saturated carbocycles. The number of nitriles is 1. The Hall–Kier alpha value is -1.42. The minimum atomic E-state index is -3.34. The predicted molar refractivity (Wildman–Crippen MR) is 79.6 cm³/mol. The summed E-state index contributed by atoms with van der Waals surface area (Å²) in [6.07, 6.45) is 2.54. The zero-order chi connectivity index (χ0) is 15.1. The molecule has 1 aliphatic rings. The molecule has 0 spiro atoms. The zero-order valence-electron chi connectivity index (χ0n) is 11.9. The molecule has 0 aliphatic heterocycles. The minimum Gasteiger partial charge on any atom is -0.380 e. The summed E-state index contributed by atoms with van der Waals surface area (Å²) < 4.78 is 29.7. The molecule has 0 amide bonds. The van der Waals surface area contributed by atoms with Crippen LogP contribution in [-0.2, 0) is 14.6 Å². The van der Waals surface area contributed by atoms with Gasteiger partial charge in [-0.3, -0.25) is 0 Å². The number of nitrogens with zero attached hydrogens (tertiary/aromatic N) is 1. The quantitative estimate of drug-likeness (QED) is 0.697. The van der Waals surface area contributed by atoms with Gasteiger partial charge in [0.05, 0.1) is 28.9 Å². The lowest BCUT2D eigenvalue weighted by Crippen LogP contribution is -2.26. The standard InChI is InChI=1S/C15H20N2O3S/c16-11-14-2-1-3-15(10-14)21(18,19)9-7-17-6-8-20-12-13-4-5-13/h1-3,10,13,17H,4-9,12H2. The monoisotopic (exact) mass is 308 g/mol. The predicted octanol–water partition coefficient (Wildman–Crippen LogP) is 1.35. The zero-order valence-corrected chi connectivity index (χ0v) is 12.7. The Bertz CT molecular complexity index is 604. The van der Waals surface area contributed by atoms with E-state index in [-0.39, 0.29) is 10.6 Å². The molecule has 2 rings (SSSR count). The van der Waals surface area contributed by atoms with Crippen molar-refractivity contribution < 1.29 is 13.2 Å². The molecule has 1 aromatic rings. The van der Waals surface area contributed by atoms with Crippen molar-refractivity contribution in [1.29, 1.82) is 5.26 Å². The number of nitrogens with one attached hydrogen (secondary N) is 1. The second-order valence-corrected chi connectivity index (χ2v) is 7.34. The fourth-order valence-corrected chi connectivity index (χ4v) is 3.13. The smallest absolute Gasteiger partial charge is 0.179 e. The molecule has 0 unspecified atom stereocenters. The van der Waals surface area contributed by atoms with E-state index in [2.05, 4.69) is 5.32 Å². The summed E-state index contributed by atoms with van der Waals surface area (Å²) in [5.74, 6) is 0.766. The third-order valence-electron chi connectivity index (χ3n) is 3.34. The normalized spacial score (nSPS) is 14.8. The van der Waals surface area contributed by atoms with Gasteiger partial charge in [0.25, 0.3) is 0 Å². The van der Waals surface area contributed by atoms with E-state index in [1.807, 2.05) is 6.07 Å². The summed E-state index contributed by atoms with van der Waals surface area (Å²) >= 11 is 0. The highest BCUT2D eigenvalue weighted by atomic mass is 32.2. The van der Waals surface area contributed by atoms with E-state index >= 15 is 0 Å². The number of sulfone groups is 1. The van der Waals surface area contributed by atoms with Crippen molar-refractivity contribution in [2.75, 3.05) is 32.1 Å². The number of rotatable bonds is 9. The minimum absolute atomic E-state index is 0.0184. The van der Waals surface area contributed by atoms with Gasteiger partial charge < -0.3 is 10.1 Å². The van der Waals surface area contributed by atoms with Crippen LogP contribution in [0.4, 0.5) is 0 Å². The summed E-state index contributed by atoms with van der Waals surface area (Å²) in [7, 11) is -3.34. The lowest BCUT2D eigenvalue weighted by atomic mass is 10.2. The Balaban J connectivity index is 1.69. The van der Waals surface area contributed by atoms with Gasteiger partial charge >= 0.3 is 0 Å². The maximum atomic E-state index is 12.1. The molecular weight excluding hydrogens is 288 g/mol. The number of hydrogen-bond donors (Lipinski definition) is 1. The largest absolute Gasteiger partial charge is 0.380 e. The van der Waals surface area contributed by atoms with Crippen LogP contribution in [0.15, 0.2) is 29.2 Å². The third-order valence-corrected chi connectivity index (χ3v) is 5.06. The SMILES string of the molecule is N#Cc1cccc(S(=O)(=O)CCNCCOCC2CC2)c1. The molecule has 0 saturated heterocycles. The molecule has 5 nitrogen and oxygen atoms in total. The second-order valence-electron chi connectivity index (χ2n) is 5.23. The summed E-state index contributed by atoms with van der Waals surface area (Å²) in [5, 5.41) is 11.9. The van der Waals surface area contributed by atoms with Gasteiger partial charge in [-0.05, 0) is 37.0 Å². The van der Waals surface area contributed by atoms with Crippen LogP contribution in [0.5, 0.6) is 0 Å². The molecule has 0 bridgehead atoms. The van der Waals surface area contributed by atoms with E-state index in [9.17, 15) is 8.42 Å². The number of benzene rings is 1. The topological polar surface area (TPSA) is 79.2 Å². The summed E-state index contributed by atoms with van der Waals surface area (Å²) in [5.41, 5.74) is 0.359. The van der Waals surface area contributed by atoms with Crippen molar-refractivity contribution in [3.63, 3.8) is 0 Å². The van der Waals surface area contributed by atoms with Gasteiger partial charge in [-0.25, -0.2) is 8.42 Å². The first-order chi connectivity index (χ1) is 10.1. The molecule has 0 aromatic heterocycles. The van der Waals surface area contributed by atoms with Crippen LogP contribution in [0.1, 0.15) is 18.4 Å². The first-order valence-electron chi connectivity index (χ1n) is 7.13. The average molecular weight is 308 g/mol. The van der Waals surface area contributed by atoms with Gasteiger partial charge in [0.15, 0.2) is 9.84 Å². The highest BCUT2D eigenvalue weighted by Crippen LogP contribution is 2.28. The van der Waals surface area contributed by atoms with Crippen LogP contribution in [0.2, 0.25) is 0 Å². The van der Waals surface area contributed by atoms with Crippen LogP contribution >= 0.6 is 0 Å². The van der Waals surface area contributed by atoms with E-state index in [0.717, 1.165) is 12.5 Å². The molecule has 1 aromatic carbocycles. The lowest BCUT2D eigenvalue weighted by molar-refractivity contribution is 0.126. The lowest BCUT2D eigenvalue weighted by Gasteiger charge is -2.07. The summed E-state index contributed by atoms with van der Waals surface area (Å²) in [6.45, 7) is 2.47. The molecule has 21 heavy (non-hydrogen) atoms. The first kappa shape index (κ1) is 16.0. The molecule has 1 aliphatic carbocycles. The average Bonchev–Trinajstić information content (AvgIpc) is 3.30. The van der Waals surface area contributed by atoms with Gasteiger partial charge in [-0.15, -0.1) is 0 Å². The van der Waals surface area contributed by atoms with Crippen molar-refractivity contribution in [1.82, 2.24) is 5.32 Å². The van der Waals surface area contributed by atoms with E-state index in [1.165, 1.54) is 25.0 Å². The maximum absolute atomic E-state index is 12.1. The Morgan fingerprint density at radius 3 is 2.86 bits per heavy atom. The molecule has 0 atom stereocenters. The van der Waals surface area contributed by atoms with Crippen LogP contribution in [0.3, 0.4) is 0 Å². The number of hydrogen-bond acceptors (Lipinski definition) is 5. The van der Waals surface area contributed by atoms with Gasteiger partial charge in [-0.2, -0.15) is 5.26 Å². The van der Waals surface area contributed by atoms with Crippen LogP contribution in [-0.4, -0.2) is 40.5 Å². The van der Waals surface area contributed by atoms with Gasteiger partial charge in [0.1, 0.15) is 0 Å². The Labute approximate surface area is 125 Å². The van der Waals surface area contributed by atoms with Crippen molar-refractivity contribution in [2.45, 2.75) is 17.7 Å². The van der Waals surface area contributed by atoms with Gasteiger partial charge in [0, 0.05) is 19.7 Å². The Morgan fingerprint density at radius 1 is 1.33 bits per heavy atom. The van der Waals surface area contributed by atoms with Crippen molar-refractivity contribution in [3.05, 3.63) is 29.8 Å². The van der Waals surface area contributed by atoms with Crippen molar-refractivity contribution in [3.8, 4) is 6.07 Å². The summed E-state index contributed by atoms with van der Waals surface area (Å²) in [4.78, 5) is 0.202. The molecule has 0 heterocycles. The fraction of sp³-hybridized carbons (Fsp3) is 0.533. The highest BCUT2D eigenvalue weighted by Gasteiger charge is 2.20. The number of ether oxygens (including phenoxy) is 1.